The van der Waals surface area contributed by atoms with Crippen molar-refractivity contribution in [3.8, 4) is 5.69 Å². The number of amidine groups is 1. The largest absolute Gasteiger partial charge is 0.409 e. The minimum Gasteiger partial charge on any atom is -0.409 e. The fourth-order valence-electron chi connectivity index (χ4n) is 1.15. The van der Waals surface area contributed by atoms with E-state index in [-0.39, 0.29) is 5.84 Å². The van der Waals surface area contributed by atoms with Gasteiger partial charge in [-0.15, -0.1) is 5.10 Å². The lowest BCUT2D eigenvalue weighted by Gasteiger charge is -2.02. The van der Waals surface area contributed by atoms with Crippen LogP contribution < -0.4 is 5.73 Å². The Bertz CT molecular complexity index is 478. The van der Waals surface area contributed by atoms with Crippen molar-refractivity contribution in [1.82, 2.24) is 20.2 Å². The van der Waals surface area contributed by atoms with Crippen molar-refractivity contribution >= 4 is 5.84 Å². The van der Waals surface area contributed by atoms with Crippen LogP contribution in [0.15, 0.2) is 35.7 Å². The third kappa shape index (κ3) is 1.75. The molecule has 1 aromatic carbocycles. The van der Waals surface area contributed by atoms with E-state index in [0.29, 0.717) is 5.56 Å². The quantitative estimate of drug-likeness (QED) is 0.304. The normalized spacial score (nSPS) is 11.6. The minimum atomic E-state index is 0.0462. The monoisotopic (exact) mass is 204 g/mol. The zero-order valence-corrected chi connectivity index (χ0v) is 7.65. The number of hydrogen-bond donors (Lipinski definition) is 2. The molecule has 0 saturated heterocycles. The van der Waals surface area contributed by atoms with E-state index in [2.05, 4.69) is 20.7 Å². The predicted octanol–water partition coefficient (Wildman–Crippen LogP) is -0.243. The van der Waals surface area contributed by atoms with Gasteiger partial charge in [-0.2, -0.15) is 0 Å². The maximum atomic E-state index is 8.53. The Morgan fingerprint density at radius 2 is 2.33 bits per heavy atom. The van der Waals surface area contributed by atoms with Gasteiger partial charge in [-0.05, 0) is 22.6 Å². The first kappa shape index (κ1) is 9.13. The number of oxime groups is 1. The molecule has 7 nitrogen and oxygen atoms in total. The van der Waals surface area contributed by atoms with Crippen LogP contribution in [-0.2, 0) is 0 Å². The Kier molecular flexibility index (Phi) is 2.28. The molecule has 2 rings (SSSR count). The second-order valence-electron chi connectivity index (χ2n) is 2.79. The summed E-state index contributed by atoms with van der Waals surface area (Å²) in [5, 5.41) is 22.2. The van der Waals surface area contributed by atoms with E-state index in [1.807, 2.05) is 6.07 Å². The molecule has 0 saturated carbocycles. The fraction of sp³-hybridized carbons (Fsp3) is 0. The number of hydrogen-bond acceptors (Lipinski definition) is 5. The number of nitrogens with zero attached hydrogens (tertiary/aromatic N) is 5. The van der Waals surface area contributed by atoms with Crippen LogP contribution in [0.5, 0.6) is 0 Å². The Hall–Kier alpha value is -2.44. The van der Waals surface area contributed by atoms with Gasteiger partial charge in [0.05, 0.1) is 5.69 Å². The summed E-state index contributed by atoms with van der Waals surface area (Å²) in [6, 6.07) is 7.02. The van der Waals surface area contributed by atoms with E-state index in [9.17, 15) is 0 Å². The van der Waals surface area contributed by atoms with E-state index in [1.165, 1.54) is 11.0 Å². The predicted molar refractivity (Wildman–Crippen MR) is 51.7 cm³/mol. The molecule has 0 bridgehead atoms. The maximum absolute atomic E-state index is 8.53. The number of rotatable bonds is 2. The highest BCUT2D eigenvalue weighted by Gasteiger charge is 2.02. The van der Waals surface area contributed by atoms with Crippen LogP contribution in [0.25, 0.3) is 5.69 Å². The molecule has 1 aromatic heterocycles. The Labute approximate surface area is 84.8 Å². The van der Waals surface area contributed by atoms with Crippen molar-refractivity contribution in [1.29, 1.82) is 0 Å². The Morgan fingerprint density at radius 3 is 3.00 bits per heavy atom. The van der Waals surface area contributed by atoms with Crippen molar-refractivity contribution < 1.29 is 5.21 Å². The smallest absolute Gasteiger partial charge is 0.170 e. The first-order valence-electron chi connectivity index (χ1n) is 4.12. The molecule has 0 spiro atoms. The molecule has 0 atom stereocenters. The molecule has 7 heteroatoms. The van der Waals surface area contributed by atoms with Crippen molar-refractivity contribution in [2.24, 2.45) is 10.9 Å². The molecule has 1 heterocycles. The molecule has 0 radical (unpaired) electrons. The second-order valence-corrected chi connectivity index (χ2v) is 2.79. The third-order valence-corrected chi connectivity index (χ3v) is 1.86. The van der Waals surface area contributed by atoms with Crippen LogP contribution >= 0.6 is 0 Å². The molecule has 2 aromatic rings. The SMILES string of the molecule is NC(=NO)c1cccc(-n2cnnn2)c1. The molecule has 0 aliphatic carbocycles. The summed E-state index contributed by atoms with van der Waals surface area (Å²) in [6.07, 6.45) is 1.46. The zero-order valence-electron chi connectivity index (χ0n) is 7.65. The van der Waals surface area contributed by atoms with Gasteiger partial charge >= 0.3 is 0 Å². The van der Waals surface area contributed by atoms with E-state index in [4.69, 9.17) is 10.9 Å². The Balaban J connectivity index is 2.44. The van der Waals surface area contributed by atoms with Gasteiger partial charge in [0.25, 0.3) is 0 Å². The summed E-state index contributed by atoms with van der Waals surface area (Å²) in [5.41, 5.74) is 6.80. The lowest BCUT2D eigenvalue weighted by atomic mass is 10.2. The lowest BCUT2D eigenvalue weighted by Crippen LogP contribution is -2.13. The van der Waals surface area contributed by atoms with E-state index < -0.39 is 0 Å². The maximum Gasteiger partial charge on any atom is 0.170 e. The highest BCUT2D eigenvalue weighted by atomic mass is 16.4. The molecule has 0 fully saturated rings. The van der Waals surface area contributed by atoms with Crippen LogP contribution in [0.1, 0.15) is 5.56 Å². The average molecular weight is 204 g/mol. The van der Waals surface area contributed by atoms with E-state index >= 15 is 0 Å². The molecular weight excluding hydrogens is 196 g/mol. The number of benzene rings is 1. The molecule has 76 valence electrons. The summed E-state index contributed by atoms with van der Waals surface area (Å²) in [7, 11) is 0. The number of nitrogens with two attached hydrogens (primary N) is 1. The van der Waals surface area contributed by atoms with Crippen LogP contribution in [0.4, 0.5) is 0 Å². The van der Waals surface area contributed by atoms with Gasteiger partial charge in [-0.3, -0.25) is 0 Å². The van der Waals surface area contributed by atoms with Crippen LogP contribution in [0.3, 0.4) is 0 Å². The van der Waals surface area contributed by atoms with Gasteiger partial charge in [0, 0.05) is 5.56 Å². The van der Waals surface area contributed by atoms with Crippen molar-refractivity contribution in [2.45, 2.75) is 0 Å². The van der Waals surface area contributed by atoms with Gasteiger partial charge in [0.15, 0.2) is 5.84 Å². The van der Waals surface area contributed by atoms with Crippen molar-refractivity contribution in [2.75, 3.05) is 0 Å². The van der Waals surface area contributed by atoms with E-state index in [1.54, 1.807) is 18.2 Å². The standard InChI is InChI=1S/C8H8N6O/c9-8(11-15)6-2-1-3-7(4-6)14-5-10-12-13-14/h1-5,15H,(H2,9,11). The van der Waals surface area contributed by atoms with E-state index in [0.717, 1.165) is 5.69 Å². The summed E-state index contributed by atoms with van der Waals surface area (Å²) in [6.45, 7) is 0. The summed E-state index contributed by atoms with van der Waals surface area (Å²) < 4.78 is 1.48. The van der Waals surface area contributed by atoms with Gasteiger partial charge in [0.2, 0.25) is 0 Å². The molecule has 15 heavy (non-hydrogen) atoms. The summed E-state index contributed by atoms with van der Waals surface area (Å²) in [4.78, 5) is 0. The van der Waals surface area contributed by atoms with Gasteiger partial charge < -0.3 is 10.9 Å². The topological polar surface area (TPSA) is 102 Å². The van der Waals surface area contributed by atoms with Crippen LogP contribution in [-0.4, -0.2) is 31.3 Å². The number of tetrazole rings is 1. The molecule has 3 N–H and O–H groups in total. The lowest BCUT2D eigenvalue weighted by molar-refractivity contribution is 0.318. The number of aromatic nitrogens is 4. The molecule has 0 amide bonds. The van der Waals surface area contributed by atoms with Crippen molar-refractivity contribution in [3.05, 3.63) is 36.2 Å². The molecule has 0 aliphatic rings. The second kappa shape index (κ2) is 3.74. The highest BCUT2D eigenvalue weighted by molar-refractivity contribution is 5.97. The third-order valence-electron chi connectivity index (χ3n) is 1.86. The summed E-state index contributed by atoms with van der Waals surface area (Å²) >= 11 is 0. The Morgan fingerprint density at radius 1 is 1.47 bits per heavy atom. The van der Waals surface area contributed by atoms with Gasteiger partial charge in [-0.25, -0.2) is 4.68 Å². The van der Waals surface area contributed by atoms with Gasteiger partial charge in [-0.1, -0.05) is 17.3 Å². The van der Waals surface area contributed by atoms with Crippen LogP contribution in [0.2, 0.25) is 0 Å². The van der Waals surface area contributed by atoms with Gasteiger partial charge in [0.1, 0.15) is 6.33 Å². The average Bonchev–Trinajstić information content (AvgIpc) is 2.82. The molecular formula is C8H8N6O. The first-order chi connectivity index (χ1) is 7.31. The zero-order chi connectivity index (χ0) is 10.7. The fourth-order valence-corrected chi connectivity index (χ4v) is 1.15. The van der Waals surface area contributed by atoms with Crippen molar-refractivity contribution in [3.63, 3.8) is 0 Å². The molecule has 0 aliphatic heterocycles. The summed E-state index contributed by atoms with van der Waals surface area (Å²) in [5.74, 6) is 0.0462. The minimum absolute atomic E-state index is 0.0462. The highest BCUT2D eigenvalue weighted by Crippen LogP contribution is 2.08. The first-order valence-corrected chi connectivity index (χ1v) is 4.12. The van der Waals surface area contributed by atoms with Crippen LogP contribution in [0, 0.1) is 0 Å². The molecule has 0 unspecified atom stereocenters.